The van der Waals surface area contributed by atoms with Crippen LogP contribution in [0.25, 0.3) is 10.8 Å². The first-order valence-corrected chi connectivity index (χ1v) is 7.68. The minimum atomic E-state index is -0.242. The summed E-state index contributed by atoms with van der Waals surface area (Å²) in [6, 6.07) is 11.0. The minimum absolute atomic E-state index is 0.0437. The van der Waals surface area contributed by atoms with E-state index in [-0.39, 0.29) is 16.5 Å². The maximum atomic E-state index is 12.1. The first kappa shape index (κ1) is 14.9. The molecular weight excluding hydrogens is 318 g/mol. The van der Waals surface area contributed by atoms with E-state index in [9.17, 15) is 9.90 Å². The molecule has 0 aromatic heterocycles. The maximum absolute atomic E-state index is 12.1. The lowest BCUT2D eigenvalue weighted by Gasteiger charge is -2.12. The van der Waals surface area contributed by atoms with Gasteiger partial charge >= 0.3 is 0 Å². The van der Waals surface area contributed by atoms with Gasteiger partial charge in [0.15, 0.2) is 0 Å². The molecule has 1 atom stereocenters. The number of phenols is 1. The van der Waals surface area contributed by atoms with Gasteiger partial charge in [-0.3, -0.25) is 4.79 Å². The number of carbonyl (C=O) groups is 1. The van der Waals surface area contributed by atoms with Gasteiger partial charge in [-0.1, -0.05) is 59.6 Å². The number of fused-ring (bicyclic) bond motifs is 1. The lowest BCUT2D eigenvalue weighted by molar-refractivity contribution is 0.0951. The van der Waals surface area contributed by atoms with Crippen molar-refractivity contribution in [2.75, 3.05) is 6.54 Å². The smallest absolute Gasteiger partial charge is 0.255 e. The third kappa shape index (κ3) is 3.31. The van der Waals surface area contributed by atoms with Gasteiger partial charge < -0.3 is 10.4 Å². The molecule has 0 radical (unpaired) electrons. The number of benzene rings is 2. The van der Waals surface area contributed by atoms with Crippen LogP contribution in [0.15, 0.2) is 36.4 Å². The molecule has 2 aromatic rings. The summed E-state index contributed by atoms with van der Waals surface area (Å²) in [6.45, 7) is 2.66. The number of halogens is 1. The monoisotopic (exact) mass is 335 g/mol. The first-order valence-electron chi connectivity index (χ1n) is 6.76. The highest BCUT2D eigenvalue weighted by molar-refractivity contribution is 9.09. The van der Waals surface area contributed by atoms with Crippen LogP contribution in [0.5, 0.6) is 5.75 Å². The molecule has 0 aliphatic rings. The van der Waals surface area contributed by atoms with Crippen LogP contribution >= 0.6 is 15.9 Å². The van der Waals surface area contributed by atoms with Crippen LogP contribution in [0.1, 0.15) is 30.1 Å². The van der Waals surface area contributed by atoms with Gasteiger partial charge in [0.2, 0.25) is 0 Å². The quantitative estimate of drug-likeness (QED) is 0.815. The molecule has 0 aliphatic carbocycles. The molecule has 0 heterocycles. The Morgan fingerprint density at radius 3 is 2.80 bits per heavy atom. The highest BCUT2D eigenvalue weighted by Crippen LogP contribution is 2.28. The van der Waals surface area contributed by atoms with Crippen molar-refractivity contribution >= 4 is 32.6 Å². The zero-order valence-corrected chi connectivity index (χ0v) is 13.0. The Hall–Kier alpha value is -1.55. The predicted octanol–water partition coefficient (Wildman–Crippen LogP) is 3.84. The van der Waals surface area contributed by atoms with Gasteiger partial charge in [-0.05, 0) is 17.9 Å². The molecular formula is C16H18BrNO2. The van der Waals surface area contributed by atoms with E-state index in [4.69, 9.17) is 0 Å². The topological polar surface area (TPSA) is 49.3 Å². The number of hydrogen-bond donors (Lipinski definition) is 2. The van der Waals surface area contributed by atoms with Gasteiger partial charge in [-0.2, -0.15) is 0 Å². The summed E-state index contributed by atoms with van der Waals surface area (Å²) in [6.07, 6.45) is 2.07. The lowest BCUT2D eigenvalue weighted by atomic mass is 10.0. The second kappa shape index (κ2) is 6.75. The highest BCUT2D eigenvalue weighted by Gasteiger charge is 2.14. The molecule has 3 nitrogen and oxygen atoms in total. The molecule has 0 fully saturated rings. The molecule has 0 saturated heterocycles. The van der Waals surface area contributed by atoms with E-state index in [1.165, 1.54) is 0 Å². The fourth-order valence-corrected chi connectivity index (χ4v) is 2.77. The van der Waals surface area contributed by atoms with Gasteiger partial charge in [0.05, 0.1) is 5.56 Å². The first-order chi connectivity index (χ1) is 9.63. The molecule has 2 aromatic carbocycles. The van der Waals surface area contributed by atoms with Crippen LogP contribution in [0, 0.1) is 0 Å². The van der Waals surface area contributed by atoms with E-state index in [0.29, 0.717) is 17.5 Å². The van der Waals surface area contributed by atoms with Crippen molar-refractivity contribution in [3.8, 4) is 5.75 Å². The number of amides is 1. The second-order valence-corrected chi connectivity index (χ2v) is 6.07. The normalized spacial score (nSPS) is 12.3. The zero-order chi connectivity index (χ0) is 14.5. The van der Waals surface area contributed by atoms with Crippen LogP contribution in [0.2, 0.25) is 0 Å². The summed E-state index contributed by atoms with van der Waals surface area (Å²) in [4.78, 5) is 12.4. The Bertz CT molecular complexity index is 612. The average Bonchev–Trinajstić information content (AvgIpc) is 2.46. The van der Waals surface area contributed by atoms with Crippen molar-refractivity contribution in [3.05, 3.63) is 42.0 Å². The standard InChI is InChI=1S/C16H18BrNO2/c1-2-5-12(17)10-18-16(20)14-9-8-11-6-3-4-7-13(11)15(14)19/h3-4,6-9,12,19H,2,5,10H2,1H3,(H,18,20). The van der Waals surface area contributed by atoms with Crippen LogP contribution in [0.3, 0.4) is 0 Å². The van der Waals surface area contributed by atoms with Gasteiger partial charge in [0.25, 0.3) is 5.91 Å². The summed E-state index contributed by atoms with van der Waals surface area (Å²) in [5.41, 5.74) is 0.319. The van der Waals surface area contributed by atoms with Crippen molar-refractivity contribution in [1.82, 2.24) is 5.32 Å². The molecule has 1 unspecified atom stereocenters. The van der Waals surface area contributed by atoms with Crippen molar-refractivity contribution in [1.29, 1.82) is 0 Å². The number of carbonyl (C=O) groups excluding carboxylic acids is 1. The fourth-order valence-electron chi connectivity index (χ4n) is 2.15. The van der Waals surface area contributed by atoms with Crippen LogP contribution < -0.4 is 5.32 Å². The third-order valence-corrected chi connectivity index (χ3v) is 4.01. The number of hydrogen-bond acceptors (Lipinski definition) is 2. The van der Waals surface area contributed by atoms with Gasteiger partial charge in [0, 0.05) is 16.8 Å². The molecule has 1 amide bonds. The Balaban J connectivity index is 2.16. The molecule has 0 aliphatic heterocycles. The Morgan fingerprint density at radius 1 is 1.30 bits per heavy atom. The van der Waals surface area contributed by atoms with Crippen LogP contribution in [0.4, 0.5) is 0 Å². The van der Waals surface area contributed by atoms with Crippen LogP contribution in [-0.4, -0.2) is 22.4 Å². The SMILES string of the molecule is CCCC(Br)CNC(=O)c1ccc2ccccc2c1O. The van der Waals surface area contributed by atoms with Gasteiger partial charge in [-0.25, -0.2) is 0 Å². The molecule has 2 N–H and O–H groups in total. The second-order valence-electron chi connectivity index (χ2n) is 4.78. The summed E-state index contributed by atoms with van der Waals surface area (Å²) in [5.74, 6) is -0.198. The minimum Gasteiger partial charge on any atom is -0.506 e. The molecule has 20 heavy (non-hydrogen) atoms. The molecule has 4 heteroatoms. The zero-order valence-electron chi connectivity index (χ0n) is 11.4. The number of alkyl halides is 1. The van der Waals surface area contributed by atoms with Crippen molar-refractivity contribution in [2.45, 2.75) is 24.6 Å². The average molecular weight is 336 g/mol. The predicted molar refractivity (Wildman–Crippen MR) is 85.6 cm³/mol. The Kier molecular flexibility index (Phi) is 5.01. The van der Waals surface area contributed by atoms with E-state index in [2.05, 4.69) is 28.2 Å². The van der Waals surface area contributed by atoms with Gasteiger partial charge in [0.1, 0.15) is 5.75 Å². The van der Waals surface area contributed by atoms with E-state index in [0.717, 1.165) is 18.2 Å². The Morgan fingerprint density at radius 2 is 2.05 bits per heavy atom. The highest BCUT2D eigenvalue weighted by atomic mass is 79.9. The molecule has 2 rings (SSSR count). The number of aromatic hydroxyl groups is 1. The van der Waals surface area contributed by atoms with E-state index in [1.54, 1.807) is 6.07 Å². The van der Waals surface area contributed by atoms with Crippen LogP contribution in [-0.2, 0) is 0 Å². The molecule has 106 valence electrons. The fraction of sp³-hybridized carbons (Fsp3) is 0.312. The largest absolute Gasteiger partial charge is 0.506 e. The van der Waals surface area contributed by atoms with E-state index >= 15 is 0 Å². The van der Waals surface area contributed by atoms with Gasteiger partial charge in [-0.15, -0.1) is 0 Å². The molecule has 0 saturated carbocycles. The number of phenolic OH excluding ortho intramolecular Hbond substituents is 1. The number of rotatable bonds is 5. The third-order valence-electron chi connectivity index (χ3n) is 3.23. The lowest BCUT2D eigenvalue weighted by Crippen LogP contribution is -2.29. The molecule has 0 spiro atoms. The summed E-state index contributed by atoms with van der Waals surface area (Å²) < 4.78 is 0. The Labute approximate surface area is 127 Å². The van der Waals surface area contributed by atoms with Crippen molar-refractivity contribution in [3.63, 3.8) is 0 Å². The van der Waals surface area contributed by atoms with Crippen molar-refractivity contribution in [2.24, 2.45) is 0 Å². The summed E-state index contributed by atoms with van der Waals surface area (Å²) >= 11 is 3.52. The number of nitrogens with one attached hydrogen (secondary N) is 1. The van der Waals surface area contributed by atoms with E-state index < -0.39 is 0 Å². The summed E-state index contributed by atoms with van der Waals surface area (Å²) in [5, 5.41) is 14.7. The van der Waals surface area contributed by atoms with Crippen molar-refractivity contribution < 1.29 is 9.90 Å². The van der Waals surface area contributed by atoms with E-state index in [1.807, 2.05) is 30.3 Å². The molecule has 0 bridgehead atoms. The maximum Gasteiger partial charge on any atom is 0.255 e. The summed E-state index contributed by atoms with van der Waals surface area (Å²) in [7, 11) is 0.